The number of piperazine rings is 2. The van der Waals surface area contributed by atoms with E-state index in [4.69, 9.17) is 4.74 Å². The third kappa shape index (κ3) is 5.85. The molecule has 0 radical (unpaired) electrons. The number of urea groups is 1. The summed E-state index contributed by atoms with van der Waals surface area (Å²) in [7, 11) is 1.27. The Balaban J connectivity index is 1.13. The number of aliphatic hydroxyl groups excluding tert-OH is 1. The van der Waals surface area contributed by atoms with Gasteiger partial charge in [-0.3, -0.25) is 9.20 Å². The van der Waals surface area contributed by atoms with Crippen molar-refractivity contribution in [2.75, 3.05) is 64.8 Å². The van der Waals surface area contributed by atoms with Gasteiger partial charge in [-0.05, 0) is 42.8 Å². The lowest BCUT2D eigenvalue weighted by Gasteiger charge is -2.40. The number of nitrogens with zero attached hydrogens (tertiary/aromatic N) is 6. The highest BCUT2D eigenvalue weighted by atomic mass is 19.2. The minimum Gasteiger partial charge on any atom is -0.494 e. The molecule has 2 aliphatic heterocycles. The van der Waals surface area contributed by atoms with Crippen molar-refractivity contribution in [1.82, 2.24) is 34.4 Å². The van der Waals surface area contributed by atoms with Gasteiger partial charge >= 0.3 is 6.03 Å². The molecule has 1 atom stereocenters. The molecular weight excluding hydrogens is 586 g/mol. The molecule has 3 N–H and O–H groups in total. The van der Waals surface area contributed by atoms with E-state index in [9.17, 15) is 23.5 Å². The first kappa shape index (κ1) is 30.2. The molecule has 14 heteroatoms. The van der Waals surface area contributed by atoms with Gasteiger partial charge in [0.1, 0.15) is 0 Å². The fourth-order valence-electron chi connectivity index (χ4n) is 5.80. The first-order valence-electron chi connectivity index (χ1n) is 14.7. The topological polar surface area (TPSA) is 128 Å². The van der Waals surface area contributed by atoms with Crippen LogP contribution in [0.3, 0.4) is 0 Å². The van der Waals surface area contributed by atoms with Crippen LogP contribution in [-0.2, 0) is 0 Å². The number of benzene rings is 2. The maximum Gasteiger partial charge on any atom is 0.320 e. The van der Waals surface area contributed by atoms with Crippen LogP contribution in [0.1, 0.15) is 15.9 Å². The quantitative estimate of drug-likeness (QED) is 0.301. The van der Waals surface area contributed by atoms with Gasteiger partial charge in [-0.2, -0.15) is 4.39 Å². The molecule has 2 aromatic heterocycles. The number of aryl methyl sites for hydroxylation is 1. The number of hydrogen-bond donors (Lipinski definition) is 3. The van der Waals surface area contributed by atoms with Crippen LogP contribution in [0.4, 0.5) is 25.1 Å². The number of carbonyl (C=O) groups is 2. The van der Waals surface area contributed by atoms with Crippen molar-refractivity contribution in [1.29, 1.82) is 0 Å². The van der Waals surface area contributed by atoms with Crippen LogP contribution in [0.5, 0.6) is 5.75 Å². The van der Waals surface area contributed by atoms with Gasteiger partial charge in [-0.15, -0.1) is 0 Å². The second-order valence-electron chi connectivity index (χ2n) is 11.1. The van der Waals surface area contributed by atoms with E-state index in [0.29, 0.717) is 74.2 Å². The lowest BCUT2D eigenvalue weighted by molar-refractivity contribution is 0.0621. The Bertz CT molecular complexity index is 1740. The molecule has 4 heterocycles. The number of amides is 3. The highest BCUT2D eigenvalue weighted by molar-refractivity contribution is 5.96. The van der Waals surface area contributed by atoms with Crippen LogP contribution in [0.15, 0.2) is 48.9 Å². The molecule has 0 unspecified atom stereocenters. The van der Waals surface area contributed by atoms with Gasteiger partial charge in [0.15, 0.2) is 23.0 Å². The summed E-state index contributed by atoms with van der Waals surface area (Å²) in [5.41, 5.74) is 2.76. The molecular formula is C31H34F2N8O4. The SMILES string of the molecule is COc1ccc(-c2cnc3c(Nc4ccc(C(=O)N5CCN(C(=O)N6CCN[C@@H](CO)C6)CC5)c(C)c4)nccn23)c(F)c1F. The van der Waals surface area contributed by atoms with Crippen molar-refractivity contribution in [3.8, 4) is 17.0 Å². The third-order valence-electron chi connectivity index (χ3n) is 8.27. The number of ether oxygens (including phenoxy) is 1. The summed E-state index contributed by atoms with van der Waals surface area (Å²) in [5, 5.41) is 15.8. The standard InChI is InChI=1S/C31H34F2N8O4/c1-19-15-20(37-28-29-36-16-24(41(29)10-8-35-28)23-5-6-25(45-2)27(33)26(23)32)3-4-22(19)30(43)38-11-13-39(14-12-38)31(44)40-9-7-34-21(17-40)18-42/h3-6,8,10,15-16,21,34,42H,7,9,11-14,17-18H2,1-2H3,(H,35,37)/t21-/m1/s1. The molecule has 45 heavy (non-hydrogen) atoms. The number of aromatic nitrogens is 3. The van der Waals surface area contributed by atoms with Crippen LogP contribution < -0.4 is 15.4 Å². The van der Waals surface area contributed by atoms with E-state index in [0.717, 1.165) is 5.56 Å². The van der Waals surface area contributed by atoms with Crippen molar-refractivity contribution >= 4 is 29.1 Å². The van der Waals surface area contributed by atoms with Gasteiger partial charge in [-0.1, -0.05) is 0 Å². The van der Waals surface area contributed by atoms with E-state index in [1.807, 2.05) is 13.0 Å². The summed E-state index contributed by atoms with van der Waals surface area (Å²) in [6.07, 6.45) is 4.59. The fraction of sp³-hybridized carbons (Fsp3) is 0.355. The molecule has 2 fully saturated rings. The van der Waals surface area contributed by atoms with Crippen LogP contribution in [0, 0.1) is 18.6 Å². The summed E-state index contributed by atoms with van der Waals surface area (Å²) in [4.78, 5) is 40.5. The number of methoxy groups -OCH3 is 1. The molecule has 12 nitrogen and oxygen atoms in total. The smallest absolute Gasteiger partial charge is 0.320 e. The average molecular weight is 621 g/mol. The minimum atomic E-state index is -1.08. The maximum absolute atomic E-state index is 14.8. The van der Waals surface area contributed by atoms with Gasteiger partial charge in [0.25, 0.3) is 5.91 Å². The Morgan fingerprint density at radius 1 is 1.04 bits per heavy atom. The highest BCUT2D eigenvalue weighted by Gasteiger charge is 2.30. The molecule has 0 spiro atoms. The van der Waals surface area contributed by atoms with E-state index in [1.165, 1.54) is 31.6 Å². The highest BCUT2D eigenvalue weighted by Crippen LogP contribution is 2.31. The second kappa shape index (κ2) is 12.7. The van der Waals surface area contributed by atoms with Crippen LogP contribution in [-0.4, -0.2) is 112 Å². The van der Waals surface area contributed by atoms with Gasteiger partial charge in [-0.25, -0.2) is 19.2 Å². The number of halogens is 2. The third-order valence-corrected chi connectivity index (χ3v) is 8.27. The Kier molecular flexibility index (Phi) is 8.50. The minimum absolute atomic E-state index is 0.0235. The molecule has 0 saturated carbocycles. The number of imidazole rings is 1. The van der Waals surface area contributed by atoms with Crippen LogP contribution in [0.25, 0.3) is 16.9 Å². The van der Waals surface area contributed by atoms with E-state index < -0.39 is 11.6 Å². The summed E-state index contributed by atoms with van der Waals surface area (Å²) >= 11 is 0. The van der Waals surface area contributed by atoms with Gasteiger partial charge in [0.05, 0.1) is 25.6 Å². The van der Waals surface area contributed by atoms with Crippen molar-refractivity contribution in [2.45, 2.75) is 13.0 Å². The molecule has 0 bridgehead atoms. The molecule has 0 aliphatic carbocycles. The Labute approximate surface area is 258 Å². The fourth-order valence-corrected chi connectivity index (χ4v) is 5.80. The van der Waals surface area contributed by atoms with E-state index >= 15 is 0 Å². The second-order valence-corrected chi connectivity index (χ2v) is 11.1. The molecule has 2 aliphatic rings. The predicted molar refractivity (Wildman–Crippen MR) is 163 cm³/mol. The van der Waals surface area contributed by atoms with Crippen LogP contribution in [0.2, 0.25) is 0 Å². The molecule has 4 aromatic rings. The molecule has 236 valence electrons. The van der Waals surface area contributed by atoms with Gasteiger partial charge < -0.3 is 35.2 Å². The lowest BCUT2D eigenvalue weighted by Crippen LogP contribution is -2.59. The zero-order chi connectivity index (χ0) is 31.7. The number of aliphatic hydroxyl groups is 1. The van der Waals surface area contributed by atoms with Crippen molar-refractivity contribution in [3.63, 3.8) is 0 Å². The summed E-state index contributed by atoms with van der Waals surface area (Å²) < 4.78 is 35.7. The Morgan fingerprint density at radius 2 is 1.82 bits per heavy atom. The average Bonchev–Trinajstić information content (AvgIpc) is 3.50. The summed E-state index contributed by atoms with van der Waals surface area (Å²) in [5.74, 6) is -2.02. The first-order chi connectivity index (χ1) is 21.8. The molecule has 6 rings (SSSR count). The Hall–Kier alpha value is -4.82. The number of fused-ring (bicyclic) bond motifs is 1. The number of anilines is 2. The Morgan fingerprint density at radius 3 is 2.56 bits per heavy atom. The maximum atomic E-state index is 14.8. The van der Waals surface area contributed by atoms with E-state index in [2.05, 4.69) is 20.6 Å². The largest absolute Gasteiger partial charge is 0.494 e. The van der Waals surface area contributed by atoms with Crippen LogP contribution >= 0.6 is 0 Å². The number of carbonyl (C=O) groups excluding carboxylic acids is 2. The van der Waals surface area contributed by atoms with Crippen molar-refractivity contribution in [2.24, 2.45) is 0 Å². The van der Waals surface area contributed by atoms with E-state index in [1.54, 1.807) is 37.4 Å². The molecule has 2 saturated heterocycles. The summed E-state index contributed by atoms with van der Waals surface area (Å²) in [6.45, 7) is 5.23. The summed E-state index contributed by atoms with van der Waals surface area (Å²) in [6, 6.07) is 7.97. The van der Waals surface area contributed by atoms with Gasteiger partial charge in [0.2, 0.25) is 5.82 Å². The van der Waals surface area contributed by atoms with Gasteiger partial charge in [0, 0.05) is 81.1 Å². The molecule has 3 amide bonds. The zero-order valence-corrected chi connectivity index (χ0v) is 25.0. The lowest BCUT2D eigenvalue weighted by atomic mass is 10.1. The van der Waals surface area contributed by atoms with Crippen molar-refractivity contribution < 1.29 is 28.2 Å². The number of nitrogens with one attached hydrogen (secondary N) is 2. The zero-order valence-electron chi connectivity index (χ0n) is 25.0. The van der Waals surface area contributed by atoms with E-state index in [-0.39, 0.29) is 35.9 Å². The normalized spacial score (nSPS) is 17.1. The monoisotopic (exact) mass is 620 g/mol. The predicted octanol–water partition coefficient (Wildman–Crippen LogP) is 2.88. The number of rotatable bonds is 6. The first-order valence-corrected chi connectivity index (χ1v) is 14.7. The number of hydrogen-bond acceptors (Lipinski definition) is 8. The molecule has 2 aromatic carbocycles. The van der Waals surface area contributed by atoms with Crippen molar-refractivity contribution in [3.05, 3.63) is 71.7 Å².